The fourth-order valence-corrected chi connectivity index (χ4v) is 2.68. The molecule has 2 rings (SSSR count). The maximum Gasteiger partial charge on any atom is 0.140 e. The lowest BCUT2D eigenvalue weighted by molar-refractivity contribution is 0.337. The third kappa shape index (κ3) is 3.35. The molecule has 0 aliphatic heterocycles. The molecule has 102 valence electrons. The van der Waals surface area contributed by atoms with Gasteiger partial charge < -0.3 is 9.84 Å². The van der Waals surface area contributed by atoms with Gasteiger partial charge in [-0.25, -0.2) is 0 Å². The number of fused-ring (bicyclic) bond motifs is 1. The maximum absolute atomic E-state index is 5.49. The number of rotatable bonds is 4. The van der Waals surface area contributed by atoms with Gasteiger partial charge in [0.1, 0.15) is 11.5 Å². The zero-order valence-corrected chi connectivity index (χ0v) is 12.2. The van der Waals surface area contributed by atoms with Crippen LogP contribution in [0.2, 0.25) is 0 Å². The van der Waals surface area contributed by atoms with Crippen molar-refractivity contribution in [2.45, 2.75) is 71.9 Å². The molecule has 0 bridgehead atoms. The van der Waals surface area contributed by atoms with E-state index in [1.807, 2.05) is 0 Å². The Kier molecular flexibility index (Phi) is 4.10. The number of aryl methyl sites for hydroxylation is 1. The first kappa shape index (κ1) is 13.6. The van der Waals surface area contributed by atoms with E-state index in [1.54, 1.807) is 0 Å². The van der Waals surface area contributed by atoms with Gasteiger partial charge in [0, 0.05) is 24.1 Å². The summed E-state index contributed by atoms with van der Waals surface area (Å²) in [6.45, 7) is 9.63. The molecule has 0 spiro atoms. The summed E-state index contributed by atoms with van der Waals surface area (Å²) in [5.74, 6) is 1.96. The Morgan fingerprint density at radius 1 is 1.39 bits per heavy atom. The van der Waals surface area contributed by atoms with Crippen LogP contribution in [0.25, 0.3) is 0 Å². The third-order valence-electron chi connectivity index (χ3n) is 3.71. The van der Waals surface area contributed by atoms with Gasteiger partial charge in [-0.05, 0) is 39.5 Å². The van der Waals surface area contributed by atoms with Gasteiger partial charge in [0.15, 0.2) is 0 Å². The fourth-order valence-electron chi connectivity index (χ4n) is 2.68. The summed E-state index contributed by atoms with van der Waals surface area (Å²) in [7, 11) is 0. The van der Waals surface area contributed by atoms with Crippen LogP contribution in [0.3, 0.4) is 0 Å². The van der Waals surface area contributed by atoms with Crippen LogP contribution in [0.15, 0.2) is 4.52 Å². The molecular weight excluding hydrogens is 224 g/mol. The number of nitrogens with zero attached hydrogens (tertiary/aromatic N) is 1. The van der Waals surface area contributed by atoms with Crippen molar-refractivity contribution >= 4 is 0 Å². The van der Waals surface area contributed by atoms with Crippen LogP contribution in [0.4, 0.5) is 0 Å². The molecule has 0 saturated heterocycles. The van der Waals surface area contributed by atoms with E-state index in [0.29, 0.717) is 0 Å². The Labute approximate surface area is 110 Å². The Balaban J connectivity index is 2.04. The first-order valence-corrected chi connectivity index (χ1v) is 7.21. The number of aromatic nitrogens is 1. The summed E-state index contributed by atoms with van der Waals surface area (Å²) in [5, 5.41) is 7.76. The van der Waals surface area contributed by atoms with Gasteiger partial charge in [0.05, 0.1) is 0 Å². The van der Waals surface area contributed by atoms with Crippen LogP contribution in [0, 0.1) is 5.92 Å². The Bertz CT molecular complexity index is 390. The molecule has 3 nitrogen and oxygen atoms in total. The standard InChI is InChI=1S/C15H26N2O/c1-5-6-11-7-8-14-12(9-11)13(17-18-14)10-16-15(2,3)4/h11,16H,5-10H2,1-4H3. The van der Waals surface area contributed by atoms with Crippen molar-refractivity contribution in [1.82, 2.24) is 10.5 Å². The third-order valence-corrected chi connectivity index (χ3v) is 3.71. The molecule has 1 aromatic heterocycles. The molecule has 18 heavy (non-hydrogen) atoms. The first-order valence-electron chi connectivity index (χ1n) is 7.21. The smallest absolute Gasteiger partial charge is 0.140 e. The van der Waals surface area contributed by atoms with Crippen LogP contribution in [-0.2, 0) is 19.4 Å². The van der Waals surface area contributed by atoms with Crippen LogP contribution in [0.1, 0.15) is 64.0 Å². The van der Waals surface area contributed by atoms with Crippen LogP contribution in [-0.4, -0.2) is 10.7 Å². The van der Waals surface area contributed by atoms with E-state index in [0.717, 1.165) is 36.8 Å². The van der Waals surface area contributed by atoms with Gasteiger partial charge in [0.2, 0.25) is 0 Å². The Morgan fingerprint density at radius 3 is 2.83 bits per heavy atom. The number of hydrogen-bond donors (Lipinski definition) is 1. The highest BCUT2D eigenvalue weighted by Crippen LogP contribution is 2.30. The van der Waals surface area contributed by atoms with Crippen molar-refractivity contribution in [2.24, 2.45) is 5.92 Å². The summed E-state index contributed by atoms with van der Waals surface area (Å²) in [5.41, 5.74) is 2.64. The maximum atomic E-state index is 5.49. The minimum atomic E-state index is 0.128. The number of nitrogens with one attached hydrogen (secondary N) is 1. The molecule has 3 heteroatoms. The zero-order valence-electron chi connectivity index (χ0n) is 12.2. The second-order valence-corrected chi connectivity index (χ2v) is 6.53. The molecule has 1 heterocycles. The lowest BCUT2D eigenvalue weighted by atomic mass is 9.84. The molecule has 1 atom stereocenters. The van der Waals surface area contributed by atoms with E-state index in [9.17, 15) is 0 Å². The van der Waals surface area contributed by atoms with Crippen LogP contribution < -0.4 is 5.32 Å². The summed E-state index contributed by atoms with van der Waals surface area (Å²) in [6.07, 6.45) is 6.11. The quantitative estimate of drug-likeness (QED) is 0.889. The predicted molar refractivity (Wildman–Crippen MR) is 73.5 cm³/mol. The van der Waals surface area contributed by atoms with Gasteiger partial charge >= 0.3 is 0 Å². The van der Waals surface area contributed by atoms with Gasteiger partial charge in [-0.15, -0.1) is 0 Å². The molecule has 1 unspecified atom stereocenters. The van der Waals surface area contributed by atoms with Gasteiger partial charge in [-0.2, -0.15) is 0 Å². The van der Waals surface area contributed by atoms with E-state index in [2.05, 4.69) is 38.2 Å². The van der Waals surface area contributed by atoms with Crippen molar-refractivity contribution in [3.8, 4) is 0 Å². The average Bonchev–Trinajstić information content (AvgIpc) is 2.68. The lowest BCUT2D eigenvalue weighted by Gasteiger charge is -2.22. The second-order valence-electron chi connectivity index (χ2n) is 6.53. The lowest BCUT2D eigenvalue weighted by Crippen LogP contribution is -2.35. The first-order chi connectivity index (χ1) is 8.49. The summed E-state index contributed by atoms with van der Waals surface area (Å²) < 4.78 is 5.49. The van der Waals surface area contributed by atoms with Gasteiger partial charge in [-0.3, -0.25) is 0 Å². The van der Waals surface area contributed by atoms with E-state index in [4.69, 9.17) is 4.52 Å². The summed E-state index contributed by atoms with van der Waals surface area (Å²) in [4.78, 5) is 0. The molecule has 0 radical (unpaired) electrons. The zero-order chi connectivity index (χ0) is 13.2. The SMILES string of the molecule is CCCC1CCc2onc(CNC(C)(C)C)c2C1. The van der Waals surface area contributed by atoms with Crippen molar-refractivity contribution in [1.29, 1.82) is 0 Å². The molecule has 1 aliphatic carbocycles. The topological polar surface area (TPSA) is 38.1 Å². The molecule has 1 aliphatic rings. The highest BCUT2D eigenvalue weighted by molar-refractivity contribution is 5.26. The van der Waals surface area contributed by atoms with E-state index < -0.39 is 0 Å². The largest absolute Gasteiger partial charge is 0.361 e. The van der Waals surface area contributed by atoms with Crippen molar-refractivity contribution in [2.75, 3.05) is 0 Å². The Hall–Kier alpha value is -0.830. The summed E-state index contributed by atoms with van der Waals surface area (Å²) >= 11 is 0. The number of hydrogen-bond acceptors (Lipinski definition) is 3. The fraction of sp³-hybridized carbons (Fsp3) is 0.800. The van der Waals surface area contributed by atoms with Crippen molar-refractivity contribution < 1.29 is 4.52 Å². The van der Waals surface area contributed by atoms with Crippen molar-refractivity contribution in [3.05, 3.63) is 17.0 Å². The minimum Gasteiger partial charge on any atom is -0.361 e. The molecular formula is C15H26N2O. The normalized spacial score (nSPS) is 19.9. The monoisotopic (exact) mass is 250 g/mol. The van der Waals surface area contributed by atoms with E-state index >= 15 is 0 Å². The van der Waals surface area contributed by atoms with Crippen LogP contribution in [0.5, 0.6) is 0 Å². The highest BCUT2D eigenvalue weighted by atomic mass is 16.5. The van der Waals surface area contributed by atoms with E-state index in [1.165, 1.54) is 24.8 Å². The highest BCUT2D eigenvalue weighted by Gasteiger charge is 2.25. The summed E-state index contributed by atoms with van der Waals surface area (Å²) in [6, 6.07) is 0. The predicted octanol–water partition coefficient (Wildman–Crippen LogP) is 3.47. The molecule has 1 N–H and O–H groups in total. The minimum absolute atomic E-state index is 0.128. The van der Waals surface area contributed by atoms with Gasteiger partial charge in [0.25, 0.3) is 0 Å². The van der Waals surface area contributed by atoms with E-state index in [-0.39, 0.29) is 5.54 Å². The van der Waals surface area contributed by atoms with Crippen molar-refractivity contribution in [3.63, 3.8) is 0 Å². The molecule has 0 amide bonds. The second kappa shape index (κ2) is 5.43. The van der Waals surface area contributed by atoms with Gasteiger partial charge in [-0.1, -0.05) is 24.9 Å². The molecule has 0 aromatic carbocycles. The molecule has 0 fully saturated rings. The molecule has 0 saturated carbocycles. The van der Waals surface area contributed by atoms with Crippen LogP contribution >= 0.6 is 0 Å². The molecule has 1 aromatic rings. The Morgan fingerprint density at radius 2 is 2.17 bits per heavy atom. The average molecular weight is 250 g/mol.